The Bertz CT molecular complexity index is 827. The van der Waals surface area contributed by atoms with E-state index >= 15 is 0 Å². The van der Waals surface area contributed by atoms with Crippen LogP contribution in [-0.2, 0) is 0 Å². The van der Waals surface area contributed by atoms with Gasteiger partial charge in [-0.3, -0.25) is 4.79 Å². The number of nitrogens with zero attached hydrogens (tertiary/aromatic N) is 1. The predicted molar refractivity (Wildman–Crippen MR) is 83.1 cm³/mol. The normalized spacial score (nSPS) is 10.8. The maximum Gasteiger partial charge on any atom is 0.255 e. The lowest BCUT2D eigenvalue weighted by atomic mass is 10.2. The van der Waals surface area contributed by atoms with Crippen LogP contribution in [0.2, 0.25) is 0 Å². The van der Waals surface area contributed by atoms with Gasteiger partial charge in [-0.25, -0.2) is 9.37 Å². The van der Waals surface area contributed by atoms with Crippen molar-refractivity contribution in [1.82, 2.24) is 4.98 Å². The molecule has 0 unspecified atom stereocenters. The monoisotopic (exact) mass is 301 g/mol. The first-order valence-corrected chi connectivity index (χ1v) is 7.08. The smallest absolute Gasteiger partial charge is 0.255 e. The highest BCUT2D eigenvalue weighted by atomic mass is 32.1. The number of thiophene rings is 1. The summed E-state index contributed by atoms with van der Waals surface area (Å²) in [6.45, 7) is 1.97. The highest BCUT2D eigenvalue weighted by molar-refractivity contribution is 7.18. The van der Waals surface area contributed by atoms with E-state index in [1.165, 1.54) is 30.5 Å². The van der Waals surface area contributed by atoms with Gasteiger partial charge in [0.15, 0.2) is 0 Å². The van der Waals surface area contributed by atoms with E-state index in [1.807, 2.05) is 13.0 Å². The molecule has 6 heteroatoms. The summed E-state index contributed by atoms with van der Waals surface area (Å²) in [5.74, 6) is -0.738. The Morgan fingerprint density at radius 3 is 2.76 bits per heavy atom. The van der Waals surface area contributed by atoms with Crippen molar-refractivity contribution in [1.29, 1.82) is 0 Å². The van der Waals surface area contributed by atoms with Crippen molar-refractivity contribution in [3.05, 3.63) is 52.8 Å². The number of halogens is 1. The SMILES string of the molecule is Cc1cc2c(N)c(NC(=O)c3ccc(F)cc3)cnc2s1. The number of carbonyl (C=O) groups excluding carboxylic acids is 1. The molecule has 3 rings (SSSR count). The molecule has 3 aromatic rings. The minimum atomic E-state index is -0.386. The number of hydrogen-bond acceptors (Lipinski definition) is 4. The third-order valence-electron chi connectivity index (χ3n) is 3.08. The first kappa shape index (κ1) is 13.5. The molecule has 0 fully saturated rings. The largest absolute Gasteiger partial charge is 0.396 e. The van der Waals surface area contributed by atoms with Crippen LogP contribution < -0.4 is 11.1 Å². The van der Waals surface area contributed by atoms with Crippen LogP contribution in [0.15, 0.2) is 36.5 Å². The number of aromatic nitrogens is 1. The zero-order valence-corrected chi connectivity index (χ0v) is 12.0. The van der Waals surface area contributed by atoms with E-state index in [-0.39, 0.29) is 11.7 Å². The molecule has 1 amide bonds. The third kappa shape index (κ3) is 2.57. The van der Waals surface area contributed by atoms with Crippen molar-refractivity contribution in [2.45, 2.75) is 6.92 Å². The molecule has 2 heterocycles. The maximum absolute atomic E-state index is 12.9. The molecular formula is C15H12FN3OS. The van der Waals surface area contributed by atoms with Crippen molar-refractivity contribution in [3.8, 4) is 0 Å². The van der Waals surface area contributed by atoms with Crippen LogP contribution in [0.1, 0.15) is 15.2 Å². The van der Waals surface area contributed by atoms with E-state index in [2.05, 4.69) is 10.3 Å². The fourth-order valence-electron chi connectivity index (χ4n) is 2.02. The molecule has 1 aromatic carbocycles. The van der Waals surface area contributed by atoms with Gasteiger partial charge in [0.05, 0.1) is 17.6 Å². The number of nitrogen functional groups attached to an aromatic ring is 1. The first-order valence-electron chi connectivity index (χ1n) is 6.26. The standard InChI is InChI=1S/C15H12FN3OS/c1-8-6-11-13(17)12(7-18-15(11)21-8)19-14(20)9-2-4-10(16)5-3-9/h2-7H,1H3,(H2,17,18)(H,19,20). The molecule has 0 aliphatic heterocycles. The summed E-state index contributed by atoms with van der Waals surface area (Å²) in [5.41, 5.74) is 7.37. The van der Waals surface area contributed by atoms with Gasteiger partial charge in [0.25, 0.3) is 5.91 Å². The highest BCUT2D eigenvalue weighted by Gasteiger charge is 2.12. The van der Waals surface area contributed by atoms with E-state index in [0.717, 1.165) is 15.1 Å². The average Bonchev–Trinajstić information content (AvgIpc) is 2.84. The van der Waals surface area contributed by atoms with E-state index in [1.54, 1.807) is 11.3 Å². The van der Waals surface area contributed by atoms with Crippen LogP contribution in [-0.4, -0.2) is 10.9 Å². The average molecular weight is 301 g/mol. The summed E-state index contributed by atoms with van der Waals surface area (Å²) in [6, 6.07) is 7.25. The Hall–Kier alpha value is -2.47. The van der Waals surface area contributed by atoms with Crippen molar-refractivity contribution < 1.29 is 9.18 Å². The second-order valence-electron chi connectivity index (χ2n) is 4.62. The van der Waals surface area contributed by atoms with Crippen LogP contribution in [0.5, 0.6) is 0 Å². The van der Waals surface area contributed by atoms with Gasteiger partial charge in [-0.05, 0) is 37.3 Å². The molecule has 4 nitrogen and oxygen atoms in total. The van der Waals surface area contributed by atoms with Gasteiger partial charge in [0, 0.05) is 15.8 Å². The number of hydrogen-bond donors (Lipinski definition) is 2. The van der Waals surface area contributed by atoms with Crippen molar-refractivity contribution in [3.63, 3.8) is 0 Å². The van der Waals surface area contributed by atoms with Crippen LogP contribution in [0.3, 0.4) is 0 Å². The molecule has 0 atom stereocenters. The maximum atomic E-state index is 12.9. The number of amides is 1. The summed E-state index contributed by atoms with van der Waals surface area (Å²) in [5, 5.41) is 3.53. The Balaban J connectivity index is 1.92. The highest BCUT2D eigenvalue weighted by Crippen LogP contribution is 2.32. The van der Waals surface area contributed by atoms with Crippen LogP contribution >= 0.6 is 11.3 Å². The van der Waals surface area contributed by atoms with Gasteiger partial charge >= 0.3 is 0 Å². The molecule has 0 spiro atoms. The molecule has 0 bridgehead atoms. The summed E-state index contributed by atoms with van der Waals surface area (Å²) in [6.07, 6.45) is 1.54. The fourth-order valence-corrected chi connectivity index (χ4v) is 2.89. The van der Waals surface area contributed by atoms with Crippen LogP contribution in [0.25, 0.3) is 10.2 Å². The number of nitrogens with two attached hydrogens (primary N) is 1. The number of rotatable bonds is 2. The van der Waals surface area contributed by atoms with Crippen molar-refractivity contribution >= 4 is 38.8 Å². The summed E-state index contributed by atoms with van der Waals surface area (Å²) in [4.78, 5) is 18.3. The fraction of sp³-hybridized carbons (Fsp3) is 0.0667. The first-order chi connectivity index (χ1) is 10.0. The third-order valence-corrected chi connectivity index (χ3v) is 4.04. The van der Waals surface area contributed by atoms with E-state index < -0.39 is 0 Å². The van der Waals surface area contributed by atoms with Gasteiger partial charge in [0.2, 0.25) is 0 Å². The molecular weight excluding hydrogens is 289 g/mol. The molecule has 0 saturated heterocycles. The molecule has 0 aliphatic rings. The molecule has 0 radical (unpaired) electrons. The van der Waals surface area contributed by atoms with E-state index in [9.17, 15) is 9.18 Å². The molecule has 106 valence electrons. The van der Waals surface area contributed by atoms with Gasteiger partial charge in [0.1, 0.15) is 10.6 Å². The predicted octanol–water partition coefficient (Wildman–Crippen LogP) is 3.58. The molecule has 0 saturated carbocycles. The molecule has 2 aromatic heterocycles. The van der Waals surface area contributed by atoms with E-state index in [0.29, 0.717) is 16.9 Å². The second-order valence-corrected chi connectivity index (χ2v) is 5.86. The summed E-state index contributed by atoms with van der Waals surface area (Å²) >= 11 is 1.55. The zero-order chi connectivity index (χ0) is 15.0. The minimum Gasteiger partial charge on any atom is -0.396 e. The van der Waals surface area contributed by atoms with Gasteiger partial charge in [-0.2, -0.15) is 0 Å². The van der Waals surface area contributed by atoms with Gasteiger partial charge in [-0.1, -0.05) is 0 Å². The second kappa shape index (κ2) is 5.14. The van der Waals surface area contributed by atoms with Crippen LogP contribution in [0.4, 0.5) is 15.8 Å². The van der Waals surface area contributed by atoms with E-state index in [4.69, 9.17) is 5.73 Å². The zero-order valence-electron chi connectivity index (χ0n) is 11.2. The minimum absolute atomic E-state index is 0.352. The van der Waals surface area contributed by atoms with Crippen molar-refractivity contribution in [2.24, 2.45) is 0 Å². The Morgan fingerprint density at radius 2 is 2.05 bits per heavy atom. The number of carbonyl (C=O) groups is 1. The molecule has 3 N–H and O–H groups in total. The Morgan fingerprint density at radius 1 is 1.33 bits per heavy atom. The summed E-state index contributed by atoms with van der Waals surface area (Å²) in [7, 11) is 0. The Kier molecular flexibility index (Phi) is 3.31. The lowest BCUT2D eigenvalue weighted by Gasteiger charge is -2.08. The van der Waals surface area contributed by atoms with Crippen molar-refractivity contribution in [2.75, 3.05) is 11.1 Å². The number of fused-ring (bicyclic) bond motifs is 1. The number of benzene rings is 1. The van der Waals surface area contributed by atoms with Gasteiger partial charge in [-0.15, -0.1) is 11.3 Å². The number of pyridine rings is 1. The quantitative estimate of drug-likeness (QED) is 0.760. The van der Waals surface area contributed by atoms with Gasteiger partial charge < -0.3 is 11.1 Å². The number of anilines is 2. The lowest BCUT2D eigenvalue weighted by molar-refractivity contribution is 0.102. The lowest BCUT2D eigenvalue weighted by Crippen LogP contribution is -2.13. The molecule has 21 heavy (non-hydrogen) atoms. The summed E-state index contributed by atoms with van der Waals surface area (Å²) < 4.78 is 12.9. The topological polar surface area (TPSA) is 68.0 Å². The Labute approximate surface area is 124 Å². The number of aryl methyl sites for hydroxylation is 1. The van der Waals surface area contributed by atoms with Crippen LogP contribution in [0, 0.1) is 12.7 Å². The molecule has 0 aliphatic carbocycles. The number of nitrogens with one attached hydrogen (secondary N) is 1.